The summed E-state index contributed by atoms with van der Waals surface area (Å²) >= 11 is 1.44. The summed E-state index contributed by atoms with van der Waals surface area (Å²) in [6, 6.07) is 0. The molecule has 4 rings (SSSR count). The maximum Gasteiger partial charge on any atom is 0.410 e. The first-order valence-electron chi connectivity index (χ1n) is 6.97. The average molecular weight is 319 g/mol. The number of thiophene rings is 1. The number of ether oxygens (including phenoxy) is 1. The summed E-state index contributed by atoms with van der Waals surface area (Å²) in [5, 5.41) is 3.40. The van der Waals surface area contributed by atoms with Crippen molar-refractivity contribution in [3.05, 3.63) is 27.1 Å². The van der Waals surface area contributed by atoms with E-state index in [1.165, 1.54) is 22.2 Å². The lowest BCUT2D eigenvalue weighted by molar-refractivity contribution is 0.103. The van der Waals surface area contributed by atoms with E-state index in [1.54, 1.807) is 11.8 Å². The zero-order valence-corrected chi connectivity index (χ0v) is 12.6. The summed E-state index contributed by atoms with van der Waals surface area (Å²) in [5.41, 5.74) is 0.849. The largest absolute Gasteiger partial charge is 0.450 e. The smallest absolute Gasteiger partial charge is 0.410 e. The lowest BCUT2D eigenvalue weighted by atomic mass is 10.1. The van der Waals surface area contributed by atoms with E-state index in [1.807, 2.05) is 0 Å². The summed E-state index contributed by atoms with van der Waals surface area (Å²) in [4.78, 5) is 36.2. The molecule has 0 saturated heterocycles. The number of nitrogens with one attached hydrogen (secondary N) is 1. The van der Waals surface area contributed by atoms with Gasteiger partial charge in [0.1, 0.15) is 11.2 Å². The molecule has 114 valence electrons. The average Bonchev–Trinajstić information content (AvgIpc) is 3.10. The first-order valence-corrected chi connectivity index (χ1v) is 7.78. The number of rotatable bonds is 1. The van der Waals surface area contributed by atoms with E-state index in [2.05, 4.69) is 15.1 Å². The van der Waals surface area contributed by atoms with Crippen molar-refractivity contribution in [3.63, 3.8) is 0 Å². The molecule has 1 N–H and O–H groups in total. The van der Waals surface area contributed by atoms with Crippen molar-refractivity contribution in [2.45, 2.75) is 19.9 Å². The second kappa shape index (κ2) is 4.80. The van der Waals surface area contributed by atoms with Gasteiger partial charge in [-0.2, -0.15) is 9.50 Å². The molecule has 0 fully saturated rings. The second-order valence-corrected chi connectivity index (χ2v) is 6.08. The van der Waals surface area contributed by atoms with Gasteiger partial charge in [0.05, 0.1) is 18.5 Å². The number of carbonyl (C=O) groups is 1. The molecule has 4 heterocycles. The summed E-state index contributed by atoms with van der Waals surface area (Å²) < 4.78 is 6.38. The predicted molar refractivity (Wildman–Crippen MR) is 80.1 cm³/mol. The molecule has 0 radical (unpaired) electrons. The molecule has 9 heteroatoms. The summed E-state index contributed by atoms with van der Waals surface area (Å²) in [6.07, 6.45) is 1.76. The second-order valence-electron chi connectivity index (χ2n) is 4.99. The molecule has 0 aliphatic carbocycles. The first-order chi connectivity index (χ1) is 10.7. The van der Waals surface area contributed by atoms with Crippen molar-refractivity contribution in [3.8, 4) is 0 Å². The molecular formula is C13H13N5O3S. The Morgan fingerprint density at radius 3 is 3.23 bits per heavy atom. The minimum absolute atomic E-state index is 0.139. The van der Waals surface area contributed by atoms with Gasteiger partial charge in [-0.05, 0) is 18.9 Å². The van der Waals surface area contributed by atoms with Crippen LogP contribution in [0.2, 0.25) is 0 Å². The molecule has 0 atom stereocenters. The topological polar surface area (TPSA) is 92.6 Å². The third kappa shape index (κ3) is 1.82. The van der Waals surface area contributed by atoms with Gasteiger partial charge < -0.3 is 9.64 Å². The van der Waals surface area contributed by atoms with Crippen LogP contribution in [-0.4, -0.2) is 43.7 Å². The van der Waals surface area contributed by atoms with Gasteiger partial charge in [0.15, 0.2) is 0 Å². The molecule has 8 nitrogen and oxygen atoms in total. The maximum absolute atomic E-state index is 12.6. The third-order valence-corrected chi connectivity index (χ3v) is 4.86. The molecule has 0 unspecified atom stereocenters. The van der Waals surface area contributed by atoms with E-state index in [9.17, 15) is 9.59 Å². The van der Waals surface area contributed by atoms with Gasteiger partial charge in [0.25, 0.3) is 11.3 Å². The van der Waals surface area contributed by atoms with Crippen molar-refractivity contribution < 1.29 is 9.53 Å². The lowest BCUT2D eigenvalue weighted by Crippen LogP contribution is -2.36. The van der Waals surface area contributed by atoms with Gasteiger partial charge >= 0.3 is 6.09 Å². The van der Waals surface area contributed by atoms with Crippen LogP contribution < -0.4 is 5.56 Å². The van der Waals surface area contributed by atoms with Gasteiger partial charge in [-0.1, -0.05) is 0 Å². The number of aromatic nitrogens is 4. The van der Waals surface area contributed by atoms with Crippen LogP contribution in [0, 0.1) is 0 Å². The van der Waals surface area contributed by atoms with Gasteiger partial charge in [-0.25, -0.2) is 9.78 Å². The Hall–Kier alpha value is -2.42. The van der Waals surface area contributed by atoms with Crippen molar-refractivity contribution in [2.24, 2.45) is 0 Å². The Morgan fingerprint density at radius 1 is 1.55 bits per heavy atom. The maximum atomic E-state index is 12.6. The van der Waals surface area contributed by atoms with Crippen molar-refractivity contribution in [1.82, 2.24) is 24.5 Å². The van der Waals surface area contributed by atoms with E-state index in [4.69, 9.17) is 4.74 Å². The van der Waals surface area contributed by atoms with Crippen LogP contribution in [0.1, 0.15) is 17.4 Å². The molecule has 22 heavy (non-hydrogen) atoms. The zero-order valence-electron chi connectivity index (χ0n) is 11.8. The number of nitrogens with zero attached hydrogens (tertiary/aromatic N) is 4. The Labute approximate surface area is 128 Å². The van der Waals surface area contributed by atoms with Crippen LogP contribution in [0.5, 0.6) is 0 Å². The highest BCUT2D eigenvalue weighted by atomic mass is 32.1. The van der Waals surface area contributed by atoms with E-state index < -0.39 is 0 Å². The molecule has 1 aliphatic heterocycles. The highest BCUT2D eigenvalue weighted by Crippen LogP contribution is 2.32. The van der Waals surface area contributed by atoms with E-state index in [0.29, 0.717) is 42.1 Å². The molecule has 0 saturated carbocycles. The molecule has 3 aromatic heterocycles. The van der Waals surface area contributed by atoms with Crippen LogP contribution in [0.15, 0.2) is 11.1 Å². The minimum Gasteiger partial charge on any atom is -0.450 e. The molecule has 0 bridgehead atoms. The van der Waals surface area contributed by atoms with Crippen LogP contribution in [0.25, 0.3) is 16.0 Å². The van der Waals surface area contributed by atoms with Gasteiger partial charge in [0.2, 0.25) is 0 Å². The van der Waals surface area contributed by atoms with E-state index in [0.717, 1.165) is 10.4 Å². The van der Waals surface area contributed by atoms with Crippen molar-refractivity contribution in [2.75, 3.05) is 13.2 Å². The first kappa shape index (κ1) is 13.3. The molecular weight excluding hydrogens is 306 g/mol. The zero-order chi connectivity index (χ0) is 15.3. The number of amides is 1. The molecule has 0 spiro atoms. The van der Waals surface area contributed by atoms with Crippen LogP contribution in [0.4, 0.5) is 4.79 Å². The Morgan fingerprint density at radius 2 is 2.41 bits per heavy atom. The molecule has 1 aliphatic rings. The normalized spacial score (nSPS) is 14.5. The molecule has 1 amide bonds. The highest BCUT2D eigenvalue weighted by molar-refractivity contribution is 7.18. The number of H-pyrrole nitrogens is 1. The Balaban J connectivity index is 1.83. The van der Waals surface area contributed by atoms with E-state index in [-0.39, 0.29) is 11.7 Å². The number of hydrogen-bond acceptors (Lipinski definition) is 6. The van der Waals surface area contributed by atoms with Gasteiger partial charge in [0, 0.05) is 11.4 Å². The molecule has 3 aromatic rings. The monoisotopic (exact) mass is 319 g/mol. The fraction of sp³-hybridized carbons (Fsp3) is 0.385. The fourth-order valence-electron chi connectivity index (χ4n) is 2.75. The lowest BCUT2D eigenvalue weighted by Gasteiger charge is -2.25. The van der Waals surface area contributed by atoms with Crippen molar-refractivity contribution in [1.29, 1.82) is 0 Å². The number of fused-ring (bicyclic) bond motifs is 4. The van der Waals surface area contributed by atoms with Crippen LogP contribution in [0.3, 0.4) is 0 Å². The third-order valence-electron chi connectivity index (χ3n) is 3.75. The minimum atomic E-state index is -0.316. The Bertz CT molecular complexity index is 940. The Kier molecular flexibility index (Phi) is 2.89. The van der Waals surface area contributed by atoms with Crippen LogP contribution in [-0.2, 0) is 17.7 Å². The van der Waals surface area contributed by atoms with Gasteiger partial charge in [-0.3, -0.25) is 9.89 Å². The standard InChI is InChI=1S/C13H13N5O3S/c1-2-21-13(20)17-4-3-7-8(5-17)22-10-9(7)11(19)18-12(16-10)14-6-15-18/h6H,2-5H2,1H3,(H,14,15,16). The number of aromatic amines is 1. The van der Waals surface area contributed by atoms with Crippen molar-refractivity contribution >= 4 is 33.4 Å². The quantitative estimate of drug-likeness (QED) is 0.726. The van der Waals surface area contributed by atoms with Crippen LogP contribution >= 0.6 is 11.3 Å². The van der Waals surface area contributed by atoms with Gasteiger partial charge in [-0.15, -0.1) is 11.3 Å². The van der Waals surface area contributed by atoms with E-state index >= 15 is 0 Å². The number of hydrogen-bond donors (Lipinski definition) is 1. The fourth-order valence-corrected chi connectivity index (χ4v) is 3.97. The number of carbonyl (C=O) groups excluding carboxylic acids is 1. The highest BCUT2D eigenvalue weighted by Gasteiger charge is 2.27. The summed E-state index contributed by atoms with van der Waals surface area (Å²) in [5.74, 6) is 0.360. The predicted octanol–water partition coefficient (Wildman–Crippen LogP) is 1.15. The SMILES string of the molecule is CCOC(=O)N1CCc2c(sc3nc4nc[nH]n4c(=O)c23)C1. The summed E-state index contributed by atoms with van der Waals surface area (Å²) in [6.45, 7) is 3.14. The molecule has 0 aromatic carbocycles. The summed E-state index contributed by atoms with van der Waals surface area (Å²) in [7, 11) is 0.